The smallest absolute Gasteiger partial charge is 0.308 e. The fourth-order valence-electron chi connectivity index (χ4n) is 3.84. The number of ether oxygens (including phenoxy) is 1. The molecule has 0 fully saturated rings. The third-order valence-corrected chi connectivity index (χ3v) is 5.18. The molecule has 0 saturated heterocycles. The number of aromatic nitrogens is 1. The number of carbonyl (C=O) groups excluding carboxylic acids is 2. The first-order chi connectivity index (χ1) is 14.3. The molecule has 0 aliphatic heterocycles. The van der Waals surface area contributed by atoms with Crippen LogP contribution in [0.25, 0.3) is 11.1 Å². The second-order valence-electron chi connectivity index (χ2n) is 7.19. The summed E-state index contributed by atoms with van der Waals surface area (Å²) in [5.41, 5.74) is 10.9. The number of carbonyl (C=O) groups is 2. The first kappa shape index (κ1) is 21.2. The summed E-state index contributed by atoms with van der Waals surface area (Å²) >= 11 is 0. The molecule has 1 aromatic heterocycles. The number of hydrogen-bond donors (Lipinski definition) is 2. The Morgan fingerprint density at radius 3 is 2.23 bits per heavy atom. The maximum absolute atomic E-state index is 12.3. The lowest BCUT2D eigenvalue weighted by Gasteiger charge is -2.12. The number of phenolic OH excluding ortho intramolecular Hbond substituents is 1. The maximum Gasteiger partial charge on any atom is 0.308 e. The molecule has 3 aromatic rings. The Hall–Kier alpha value is -3.54. The molecule has 0 aliphatic rings. The van der Waals surface area contributed by atoms with Gasteiger partial charge in [0.25, 0.3) is 5.91 Å². The normalized spacial score (nSPS) is 10.8. The summed E-state index contributed by atoms with van der Waals surface area (Å²) in [6.07, 6.45) is 1.48. The molecule has 0 radical (unpaired) electrons. The van der Waals surface area contributed by atoms with E-state index in [-0.39, 0.29) is 11.7 Å². The fraction of sp³-hybridized carbons (Fsp3) is 0.250. The van der Waals surface area contributed by atoms with Crippen LogP contribution in [0.3, 0.4) is 0 Å². The van der Waals surface area contributed by atoms with Gasteiger partial charge < -0.3 is 20.1 Å². The molecule has 1 amide bonds. The van der Waals surface area contributed by atoms with Crippen LogP contribution in [0, 0.1) is 6.92 Å². The Bertz CT molecular complexity index is 1060. The van der Waals surface area contributed by atoms with Gasteiger partial charge in [-0.25, -0.2) is 0 Å². The molecule has 1 heterocycles. The van der Waals surface area contributed by atoms with E-state index < -0.39 is 5.91 Å². The molecule has 0 atom stereocenters. The fourth-order valence-corrected chi connectivity index (χ4v) is 3.84. The molecule has 30 heavy (non-hydrogen) atoms. The zero-order valence-electron chi connectivity index (χ0n) is 17.4. The highest BCUT2D eigenvalue weighted by Gasteiger charge is 2.23. The van der Waals surface area contributed by atoms with E-state index >= 15 is 0 Å². The number of esters is 1. The van der Waals surface area contributed by atoms with Crippen LogP contribution >= 0.6 is 0 Å². The average Bonchev–Trinajstić information content (AvgIpc) is 2.99. The van der Waals surface area contributed by atoms with Crippen molar-refractivity contribution in [2.75, 3.05) is 0 Å². The highest BCUT2D eigenvalue weighted by Crippen LogP contribution is 2.34. The van der Waals surface area contributed by atoms with Crippen molar-refractivity contribution >= 4 is 11.9 Å². The van der Waals surface area contributed by atoms with Crippen LogP contribution < -0.4 is 10.5 Å². The van der Waals surface area contributed by atoms with Crippen LogP contribution in [0.4, 0.5) is 0 Å². The number of benzene rings is 2. The lowest BCUT2D eigenvalue weighted by Crippen LogP contribution is -2.14. The van der Waals surface area contributed by atoms with Crippen LogP contribution in [0.1, 0.15) is 41.2 Å². The molecule has 0 bridgehead atoms. The van der Waals surface area contributed by atoms with Crippen molar-refractivity contribution < 1.29 is 19.4 Å². The second kappa shape index (κ2) is 8.86. The van der Waals surface area contributed by atoms with Gasteiger partial charge in [0, 0.05) is 30.4 Å². The number of nitrogens with two attached hydrogens (primary N) is 1. The van der Waals surface area contributed by atoms with Crippen molar-refractivity contribution in [1.29, 1.82) is 0 Å². The van der Waals surface area contributed by atoms with E-state index in [0.717, 1.165) is 40.9 Å². The van der Waals surface area contributed by atoms with Gasteiger partial charge in [-0.3, -0.25) is 9.59 Å². The molecule has 0 aliphatic carbocycles. The van der Waals surface area contributed by atoms with Gasteiger partial charge in [-0.05, 0) is 55.2 Å². The van der Waals surface area contributed by atoms with Crippen molar-refractivity contribution in [3.8, 4) is 22.6 Å². The molecule has 156 valence electrons. The minimum atomic E-state index is -0.468. The minimum Gasteiger partial charge on any atom is -0.508 e. The summed E-state index contributed by atoms with van der Waals surface area (Å²) in [7, 11) is 0. The molecule has 0 saturated carbocycles. The van der Waals surface area contributed by atoms with Gasteiger partial charge in [0.1, 0.15) is 11.5 Å². The molecular weight excluding hydrogens is 380 g/mol. The van der Waals surface area contributed by atoms with Crippen LogP contribution in [-0.2, 0) is 24.2 Å². The van der Waals surface area contributed by atoms with Gasteiger partial charge in [0.05, 0.1) is 5.56 Å². The van der Waals surface area contributed by atoms with Crippen LogP contribution in [-0.4, -0.2) is 21.6 Å². The third kappa shape index (κ3) is 4.38. The number of phenols is 1. The summed E-state index contributed by atoms with van der Waals surface area (Å²) < 4.78 is 7.25. The van der Waals surface area contributed by atoms with Gasteiger partial charge >= 0.3 is 5.97 Å². The highest BCUT2D eigenvalue weighted by atomic mass is 16.5. The highest BCUT2D eigenvalue weighted by molar-refractivity contribution is 6.02. The van der Waals surface area contributed by atoms with Gasteiger partial charge in [0.15, 0.2) is 0 Å². The molecule has 6 heteroatoms. The number of amides is 1. The zero-order chi connectivity index (χ0) is 21.8. The maximum atomic E-state index is 12.3. The largest absolute Gasteiger partial charge is 0.508 e. The van der Waals surface area contributed by atoms with E-state index in [9.17, 15) is 14.7 Å². The Labute approximate surface area is 175 Å². The van der Waals surface area contributed by atoms with Crippen molar-refractivity contribution in [2.24, 2.45) is 5.73 Å². The van der Waals surface area contributed by atoms with E-state index in [2.05, 4.69) is 4.57 Å². The summed E-state index contributed by atoms with van der Waals surface area (Å²) in [6, 6.07) is 14.2. The molecule has 0 spiro atoms. The molecule has 3 rings (SSSR count). The third-order valence-electron chi connectivity index (χ3n) is 5.18. The van der Waals surface area contributed by atoms with Gasteiger partial charge in [-0.1, -0.05) is 31.2 Å². The monoisotopic (exact) mass is 406 g/mol. The first-order valence-electron chi connectivity index (χ1n) is 9.90. The number of nitrogens with zero attached hydrogens (tertiary/aromatic N) is 1. The minimum absolute atomic E-state index is 0.237. The molecular formula is C24H26N2O4. The molecule has 2 aromatic carbocycles. The first-order valence-corrected chi connectivity index (χ1v) is 9.90. The molecule has 6 nitrogen and oxygen atoms in total. The van der Waals surface area contributed by atoms with Crippen molar-refractivity contribution in [2.45, 2.75) is 40.2 Å². The van der Waals surface area contributed by atoms with Crippen molar-refractivity contribution in [3.05, 3.63) is 71.0 Å². The molecule has 3 N–H and O–H groups in total. The predicted octanol–water partition coefficient (Wildman–Crippen LogP) is 4.00. The number of hydrogen-bond acceptors (Lipinski definition) is 4. The number of aromatic hydroxyl groups is 1. The average molecular weight is 406 g/mol. The summed E-state index contributed by atoms with van der Waals surface area (Å²) in [5.74, 6) is -0.162. The Balaban J connectivity index is 2.01. The van der Waals surface area contributed by atoms with E-state index in [1.54, 1.807) is 24.3 Å². The summed E-state index contributed by atoms with van der Waals surface area (Å²) in [6.45, 7) is 6.00. The molecule has 0 unspecified atom stereocenters. The summed E-state index contributed by atoms with van der Waals surface area (Å²) in [5, 5.41) is 9.48. The van der Waals surface area contributed by atoms with Crippen molar-refractivity contribution in [1.82, 2.24) is 4.57 Å². The van der Waals surface area contributed by atoms with E-state index in [1.165, 1.54) is 6.92 Å². The van der Waals surface area contributed by atoms with Crippen molar-refractivity contribution in [3.63, 3.8) is 0 Å². The van der Waals surface area contributed by atoms with Crippen LogP contribution in [0.15, 0.2) is 48.5 Å². The lowest BCUT2D eigenvalue weighted by atomic mass is 9.98. The Morgan fingerprint density at radius 2 is 1.70 bits per heavy atom. The second-order valence-corrected chi connectivity index (χ2v) is 7.19. The van der Waals surface area contributed by atoms with Crippen LogP contribution in [0.5, 0.6) is 11.5 Å². The Morgan fingerprint density at radius 1 is 1.07 bits per heavy atom. The Kier molecular flexibility index (Phi) is 6.26. The van der Waals surface area contributed by atoms with Gasteiger partial charge in [-0.15, -0.1) is 0 Å². The quantitative estimate of drug-likeness (QED) is 0.458. The number of aryl methyl sites for hydroxylation is 1. The SMILES string of the molecule is CCc1c(-c2ccc(OC(C)=O)cc2)c(C(N)=O)c(C)n1CCc1ccc(O)cc1. The number of primary amides is 1. The van der Waals surface area contributed by atoms with Gasteiger partial charge in [0.2, 0.25) is 0 Å². The topological polar surface area (TPSA) is 94.5 Å². The van der Waals surface area contributed by atoms with Crippen LogP contribution in [0.2, 0.25) is 0 Å². The standard InChI is InChI=1S/C24H26N2O4/c1-4-21-23(18-7-11-20(12-8-18)30-16(3)27)22(24(25)29)15(2)26(21)14-13-17-5-9-19(28)10-6-17/h5-12,28H,4,13-14H2,1-3H3,(H2,25,29). The summed E-state index contributed by atoms with van der Waals surface area (Å²) in [4.78, 5) is 23.5. The number of rotatable bonds is 7. The zero-order valence-corrected chi connectivity index (χ0v) is 17.4. The van der Waals surface area contributed by atoms with E-state index in [4.69, 9.17) is 10.5 Å². The van der Waals surface area contributed by atoms with E-state index in [1.807, 2.05) is 38.1 Å². The van der Waals surface area contributed by atoms with Gasteiger partial charge in [-0.2, -0.15) is 0 Å². The lowest BCUT2D eigenvalue weighted by molar-refractivity contribution is -0.131. The van der Waals surface area contributed by atoms with E-state index in [0.29, 0.717) is 17.9 Å². The predicted molar refractivity (Wildman–Crippen MR) is 116 cm³/mol.